The van der Waals surface area contributed by atoms with Crippen LogP contribution >= 0.6 is 0 Å². The number of rotatable bonds is 2. The minimum absolute atomic E-state index is 0.0201. The summed E-state index contributed by atoms with van der Waals surface area (Å²) in [6.07, 6.45) is 0. The molecule has 0 saturated carbocycles. The molecule has 5 heteroatoms. The first kappa shape index (κ1) is 16.4. The van der Waals surface area contributed by atoms with E-state index in [0.717, 1.165) is 0 Å². The number of hydrogen-bond donors (Lipinski definition) is 2. The number of benzene rings is 2. The van der Waals surface area contributed by atoms with E-state index < -0.39 is 9.84 Å². The highest BCUT2D eigenvalue weighted by Gasteiger charge is 2.27. The molecule has 0 spiro atoms. The summed E-state index contributed by atoms with van der Waals surface area (Å²) in [6.45, 7) is 8.35. The highest BCUT2D eigenvalue weighted by Crippen LogP contribution is 2.37. The van der Waals surface area contributed by atoms with Crippen molar-refractivity contribution < 1.29 is 18.6 Å². The minimum atomic E-state index is -3.84. The fourth-order valence-corrected chi connectivity index (χ4v) is 4.66. The van der Waals surface area contributed by atoms with Gasteiger partial charge in [-0.15, -0.1) is 0 Å². The monoisotopic (exact) mass is 320 g/mol. The summed E-state index contributed by atoms with van der Waals surface area (Å²) < 4.78 is 26.1. The molecule has 0 atom stereocenters. The molecule has 0 unspecified atom stereocenters. The molecule has 2 aromatic rings. The van der Waals surface area contributed by atoms with Crippen LogP contribution in [0.4, 0.5) is 0 Å². The van der Waals surface area contributed by atoms with Gasteiger partial charge in [0.1, 0.15) is 11.5 Å². The third-order valence-corrected chi connectivity index (χ3v) is 6.32. The topological polar surface area (TPSA) is 74.6 Å². The van der Waals surface area contributed by atoms with Crippen molar-refractivity contribution in [1.29, 1.82) is 0 Å². The second-order valence-corrected chi connectivity index (χ2v) is 7.50. The van der Waals surface area contributed by atoms with E-state index in [1.54, 1.807) is 46.8 Å². The van der Waals surface area contributed by atoms with Gasteiger partial charge in [-0.05, 0) is 63.4 Å². The maximum absolute atomic E-state index is 13.0. The van der Waals surface area contributed by atoms with E-state index in [4.69, 9.17) is 0 Å². The number of phenolic OH excluding ortho intramolecular Hbond substituents is 2. The lowest BCUT2D eigenvalue weighted by atomic mass is 10.1. The van der Waals surface area contributed by atoms with Crippen molar-refractivity contribution in [1.82, 2.24) is 0 Å². The Labute approximate surface area is 131 Å². The van der Waals surface area contributed by atoms with Gasteiger partial charge in [0, 0.05) is 11.1 Å². The fraction of sp³-hybridized carbons (Fsp3) is 0.294. The van der Waals surface area contributed by atoms with E-state index in [1.807, 2.05) is 0 Å². The van der Waals surface area contributed by atoms with Gasteiger partial charge < -0.3 is 10.2 Å². The number of sulfone groups is 1. The molecular formula is C17H20O4S. The van der Waals surface area contributed by atoms with E-state index in [2.05, 4.69) is 0 Å². The van der Waals surface area contributed by atoms with E-state index in [0.29, 0.717) is 27.8 Å². The standard InChI is InChI=1S/C17H20O4S/c1-9-6-7-15(13(5)16(9)19)22(20,21)17-11(3)10(2)8-14(18)12(17)4/h6-8,18-19H,1-5H3. The Bertz CT molecular complexity index is 839. The van der Waals surface area contributed by atoms with Crippen LogP contribution in [0.2, 0.25) is 0 Å². The lowest BCUT2D eigenvalue weighted by Crippen LogP contribution is -2.09. The number of phenols is 2. The van der Waals surface area contributed by atoms with Crippen molar-refractivity contribution in [3.05, 3.63) is 46.0 Å². The highest BCUT2D eigenvalue weighted by molar-refractivity contribution is 7.91. The molecule has 22 heavy (non-hydrogen) atoms. The smallest absolute Gasteiger partial charge is 0.207 e. The summed E-state index contributed by atoms with van der Waals surface area (Å²) >= 11 is 0. The Hall–Kier alpha value is -2.01. The molecule has 0 saturated heterocycles. The second-order valence-electron chi connectivity index (χ2n) is 5.65. The molecule has 0 aromatic heterocycles. The number of aromatic hydroxyl groups is 2. The van der Waals surface area contributed by atoms with Gasteiger partial charge in [0.05, 0.1) is 9.79 Å². The molecule has 118 valence electrons. The Morgan fingerprint density at radius 1 is 0.818 bits per heavy atom. The van der Waals surface area contributed by atoms with Crippen molar-refractivity contribution >= 4 is 9.84 Å². The van der Waals surface area contributed by atoms with Crippen LogP contribution in [0, 0.1) is 34.6 Å². The molecule has 0 aliphatic carbocycles. The molecule has 0 fully saturated rings. The predicted octanol–water partition coefficient (Wildman–Crippen LogP) is 3.47. The van der Waals surface area contributed by atoms with Crippen LogP contribution in [-0.4, -0.2) is 18.6 Å². The first-order valence-electron chi connectivity index (χ1n) is 6.93. The predicted molar refractivity (Wildman–Crippen MR) is 85.4 cm³/mol. The van der Waals surface area contributed by atoms with Crippen molar-refractivity contribution in [3.63, 3.8) is 0 Å². The van der Waals surface area contributed by atoms with Gasteiger partial charge in [-0.3, -0.25) is 0 Å². The summed E-state index contributed by atoms with van der Waals surface area (Å²) in [5.74, 6) is -0.0658. The molecule has 0 radical (unpaired) electrons. The van der Waals surface area contributed by atoms with Gasteiger partial charge in [-0.1, -0.05) is 6.07 Å². The number of hydrogen-bond acceptors (Lipinski definition) is 4. The lowest BCUT2D eigenvalue weighted by Gasteiger charge is -2.17. The van der Waals surface area contributed by atoms with Crippen molar-refractivity contribution in [2.75, 3.05) is 0 Å². The van der Waals surface area contributed by atoms with Crippen LogP contribution in [0.1, 0.15) is 27.8 Å². The Balaban J connectivity index is 2.86. The number of aryl methyl sites for hydroxylation is 2. The van der Waals surface area contributed by atoms with Crippen LogP contribution in [0.3, 0.4) is 0 Å². The molecular weight excluding hydrogens is 300 g/mol. The zero-order chi connectivity index (χ0) is 16.8. The van der Waals surface area contributed by atoms with Crippen molar-refractivity contribution in [3.8, 4) is 11.5 Å². The highest BCUT2D eigenvalue weighted by atomic mass is 32.2. The fourth-order valence-electron chi connectivity index (χ4n) is 2.62. The third kappa shape index (κ3) is 2.35. The zero-order valence-corrected chi connectivity index (χ0v) is 14.2. The van der Waals surface area contributed by atoms with Crippen LogP contribution in [-0.2, 0) is 9.84 Å². The second kappa shape index (κ2) is 5.32. The largest absolute Gasteiger partial charge is 0.508 e. The van der Waals surface area contributed by atoms with Crippen LogP contribution in [0.25, 0.3) is 0 Å². The summed E-state index contributed by atoms with van der Waals surface area (Å²) in [7, 11) is -3.84. The van der Waals surface area contributed by atoms with E-state index in [1.165, 1.54) is 6.07 Å². The summed E-state index contributed by atoms with van der Waals surface area (Å²) in [5.41, 5.74) is 2.57. The quantitative estimate of drug-likeness (QED) is 0.888. The van der Waals surface area contributed by atoms with Gasteiger partial charge in [0.15, 0.2) is 0 Å². The Morgan fingerprint density at radius 2 is 1.41 bits per heavy atom. The molecule has 2 aromatic carbocycles. The average molecular weight is 320 g/mol. The van der Waals surface area contributed by atoms with E-state index in [-0.39, 0.29) is 21.3 Å². The lowest BCUT2D eigenvalue weighted by molar-refractivity contribution is 0.464. The first-order chi connectivity index (χ1) is 10.1. The van der Waals surface area contributed by atoms with Gasteiger partial charge in [0.25, 0.3) is 0 Å². The zero-order valence-electron chi connectivity index (χ0n) is 13.4. The summed E-state index contributed by atoms with van der Waals surface area (Å²) in [5, 5.41) is 20.0. The third-order valence-electron chi connectivity index (χ3n) is 4.15. The van der Waals surface area contributed by atoms with Gasteiger partial charge >= 0.3 is 0 Å². The molecule has 0 aliphatic rings. The maximum Gasteiger partial charge on any atom is 0.207 e. The normalized spacial score (nSPS) is 11.7. The molecule has 2 N–H and O–H groups in total. The molecule has 0 aliphatic heterocycles. The summed E-state index contributed by atoms with van der Waals surface area (Å²) in [6, 6.07) is 4.64. The molecule has 0 heterocycles. The Morgan fingerprint density at radius 3 is 2.00 bits per heavy atom. The van der Waals surface area contributed by atoms with Crippen LogP contribution in [0.15, 0.2) is 28.0 Å². The SMILES string of the molecule is Cc1cc(O)c(C)c(S(=O)(=O)c2ccc(C)c(O)c2C)c1C. The van der Waals surface area contributed by atoms with Gasteiger partial charge in [-0.2, -0.15) is 0 Å². The van der Waals surface area contributed by atoms with Crippen molar-refractivity contribution in [2.45, 2.75) is 44.4 Å². The molecule has 0 amide bonds. The van der Waals surface area contributed by atoms with E-state index >= 15 is 0 Å². The maximum atomic E-state index is 13.0. The molecule has 4 nitrogen and oxygen atoms in total. The van der Waals surface area contributed by atoms with Crippen LogP contribution < -0.4 is 0 Å². The van der Waals surface area contributed by atoms with Gasteiger partial charge in [0.2, 0.25) is 9.84 Å². The average Bonchev–Trinajstić information content (AvgIpc) is 2.42. The minimum Gasteiger partial charge on any atom is -0.508 e. The van der Waals surface area contributed by atoms with Crippen molar-refractivity contribution in [2.24, 2.45) is 0 Å². The molecule has 0 bridgehead atoms. The van der Waals surface area contributed by atoms with Crippen LogP contribution in [0.5, 0.6) is 11.5 Å². The molecule has 2 rings (SSSR count). The Kier molecular flexibility index (Phi) is 3.96. The first-order valence-corrected chi connectivity index (χ1v) is 8.41. The summed E-state index contributed by atoms with van der Waals surface area (Å²) in [4.78, 5) is 0.170. The van der Waals surface area contributed by atoms with E-state index in [9.17, 15) is 18.6 Å². The van der Waals surface area contributed by atoms with Gasteiger partial charge in [-0.25, -0.2) is 8.42 Å².